The summed E-state index contributed by atoms with van der Waals surface area (Å²) in [5.41, 5.74) is 2.24. The number of allylic oxidation sites excluding steroid dienone is 2. The zero-order chi connectivity index (χ0) is 15.7. The Bertz CT molecular complexity index is 738. The minimum absolute atomic E-state index is 0.0663. The van der Waals surface area contributed by atoms with Gasteiger partial charge in [0.2, 0.25) is 0 Å². The van der Waals surface area contributed by atoms with E-state index in [-0.39, 0.29) is 10.6 Å². The van der Waals surface area contributed by atoms with Gasteiger partial charge in [0.1, 0.15) is 23.6 Å². The molecule has 1 aliphatic heterocycles. The fourth-order valence-electron chi connectivity index (χ4n) is 2.71. The van der Waals surface area contributed by atoms with Crippen LogP contribution in [0.4, 0.5) is 4.39 Å². The predicted molar refractivity (Wildman–Crippen MR) is 87.6 cm³/mol. The molecule has 0 bridgehead atoms. The van der Waals surface area contributed by atoms with Crippen LogP contribution in [0.1, 0.15) is 24.0 Å². The number of hydrogen-bond donors (Lipinski definition) is 0. The summed E-state index contributed by atoms with van der Waals surface area (Å²) in [6.07, 6.45) is 0.846. The van der Waals surface area contributed by atoms with E-state index < -0.39 is 5.92 Å². The lowest BCUT2D eigenvalue weighted by molar-refractivity contribution is -0.108. The van der Waals surface area contributed by atoms with Crippen molar-refractivity contribution < 1.29 is 13.9 Å². The van der Waals surface area contributed by atoms with Crippen molar-refractivity contribution in [3.63, 3.8) is 0 Å². The number of benzene rings is 2. The molecule has 22 heavy (non-hydrogen) atoms. The highest BCUT2D eigenvalue weighted by molar-refractivity contribution is 9.09. The molecule has 2 aromatic carbocycles. The third-order valence-corrected chi connectivity index (χ3v) is 4.10. The molecule has 0 amide bonds. The molecule has 0 aliphatic carbocycles. The zero-order valence-electron chi connectivity index (χ0n) is 11.9. The van der Waals surface area contributed by atoms with Crippen LogP contribution >= 0.6 is 15.9 Å². The van der Waals surface area contributed by atoms with Gasteiger partial charge in [-0.1, -0.05) is 46.3 Å². The van der Waals surface area contributed by atoms with Crippen molar-refractivity contribution in [2.45, 2.75) is 17.7 Å². The summed E-state index contributed by atoms with van der Waals surface area (Å²) in [6, 6.07) is 13.8. The molecular weight excluding hydrogens is 347 g/mol. The maximum absolute atomic E-state index is 13.6. The van der Waals surface area contributed by atoms with E-state index in [4.69, 9.17) is 4.74 Å². The molecule has 3 rings (SSSR count). The number of rotatable bonds is 3. The SMILES string of the molecule is CC(Br)C1=C(c2ccccc2)C(C=O)c2cc(F)ccc2O1. The highest BCUT2D eigenvalue weighted by atomic mass is 79.9. The number of carbonyl (C=O) groups is 1. The molecule has 0 spiro atoms. The highest BCUT2D eigenvalue weighted by Crippen LogP contribution is 2.44. The highest BCUT2D eigenvalue weighted by Gasteiger charge is 2.32. The summed E-state index contributed by atoms with van der Waals surface area (Å²) in [5.74, 6) is 0.288. The zero-order valence-corrected chi connectivity index (χ0v) is 13.5. The van der Waals surface area contributed by atoms with Crippen molar-refractivity contribution in [2.24, 2.45) is 0 Å². The summed E-state index contributed by atoms with van der Waals surface area (Å²) in [4.78, 5) is 11.7. The van der Waals surface area contributed by atoms with Gasteiger partial charge in [-0.15, -0.1) is 0 Å². The van der Waals surface area contributed by atoms with Crippen molar-refractivity contribution in [2.75, 3.05) is 0 Å². The van der Waals surface area contributed by atoms with Crippen molar-refractivity contribution in [3.8, 4) is 5.75 Å². The molecule has 2 nitrogen and oxygen atoms in total. The van der Waals surface area contributed by atoms with E-state index in [2.05, 4.69) is 15.9 Å². The minimum atomic E-state index is -0.545. The number of aldehydes is 1. The quantitative estimate of drug-likeness (QED) is 0.585. The van der Waals surface area contributed by atoms with Crippen LogP contribution in [0, 0.1) is 5.82 Å². The molecule has 112 valence electrons. The third kappa shape index (κ3) is 2.59. The molecule has 1 heterocycles. The van der Waals surface area contributed by atoms with Gasteiger partial charge in [0.15, 0.2) is 0 Å². The van der Waals surface area contributed by atoms with E-state index in [0.717, 1.165) is 17.4 Å². The van der Waals surface area contributed by atoms with Crippen LogP contribution in [0.5, 0.6) is 5.75 Å². The molecule has 0 saturated carbocycles. The lowest BCUT2D eigenvalue weighted by Gasteiger charge is -2.29. The molecule has 1 aliphatic rings. The maximum Gasteiger partial charge on any atom is 0.132 e. The fraction of sp³-hybridized carbons (Fsp3) is 0.167. The largest absolute Gasteiger partial charge is 0.460 e. The van der Waals surface area contributed by atoms with E-state index in [1.54, 1.807) is 6.07 Å². The van der Waals surface area contributed by atoms with Crippen LogP contribution in [0.25, 0.3) is 5.57 Å². The van der Waals surface area contributed by atoms with E-state index in [1.807, 2.05) is 37.3 Å². The second kappa shape index (κ2) is 6.05. The molecule has 0 saturated heterocycles. The normalized spacial score (nSPS) is 18.4. The first kappa shape index (κ1) is 15.0. The molecule has 0 aromatic heterocycles. The number of ether oxygens (including phenoxy) is 1. The van der Waals surface area contributed by atoms with E-state index >= 15 is 0 Å². The summed E-state index contributed by atoms with van der Waals surface area (Å²) >= 11 is 3.52. The maximum atomic E-state index is 13.6. The number of hydrogen-bond acceptors (Lipinski definition) is 2. The Labute approximate surface area is 136 Å². The van der Waals surface area contributed by atoms with Crippen molar-refractivity contribution in [1.82, 2.24) is 0 Å². The van der Waals surface area contributed by atoms with Gasteiger partial charge in [0.25, 0.3) is 0 Å². The van der Waals surface area contributed by atoms with E-state index in [1.165, 1.54) is 12.1 Å². The van der Waals surface area contributed by atoms with Crippen LogP contribution < -0.4 is 4.74 Å². The Morgan fingerprint density at radius 2 is 1.95 bits per heavy atom. The first-order valence-electron chi connectivity index (χ1n) is 6.98. The molecule has 4 heteroatoms. The van der Waals surface area contributed by atoms with Crippen LogP contribution in [-0.4, -0.2) is 11.1 Å². The van der Waals surface area contributed by atoms with Gasteiger partial charge in [-0.25, -0.2) is 4.39 Å². The number of halogens is 2. The lowest BCUT2D eigenvalue weighted by atomic mass is 9.84. The summed E-state index contributed by atoms with van der Waals surface area (Å²) in [7, 11) is 0. The Morgan fingerprint density at radius 1 is 1.23 bits per heavy atom. The smallest absolute Gasteiger partial charge is 0.132 e. The Hall–Kier alpha value is -1.94. The molecule has 0 fully saturated rings. The fourth-order valence-corrected chi connectivity index (χ4v) is 3.05. The number of alkyl halides is 1. The van der Waals surface area contributed by atoms with E-state index in [0.29, 0.717) is 17.1 Å². The summed E-state index contributed by atoms with van der Waals surface area (Å²) in [5, 5.41) is 0. The van der Waals surface area contributed by atoms with Gasteiger partial charge in [-0.05, 0) is 30.7 Å². The minimum Gasteiger partial charge on any atom is -0.460 e. The average Bonchev–Trinajstić information content (AvgIpc) is 2.53. The predicted octanol–water partition coefficient (Wildman–Crippen LogP) is 4.70. The van der Waals surface area contributed by atoms with Gasteiger partial charge in [0, 0.05) is 11.1 Å². The molecule has 2 atom stereocenters. The molecular formula is C18H14BrFO2. The van der Waals surface area contributed by atoms with Crippen molar-refractivity contribution in [1.29, 1.82) is 0 Å². The second-order valence-corrected chi connectivity index (χ2v) is 6.53. The van der Waals surface area contributed by atoms with Crippen LogP contribution in [0.3, 0.4) is 0 Å². The Balaban J connectivity index is 2.23. The summed E-state index contributed by atoms with van der Waals surface area (Å²) in [6.45, 7) is 1.94. The van der Waals surface area contributed by atoms with Gasteiger partial charge >= 0.3 is 0 Å². The first-order chi connectivity index (χ1) is 10.6. The van der Waals surface area contributed by atoms with Crippen LogP contribution in [0.15, 0.2) is 54.3 Å². The Morgan fingerprint density at radius 3 is 2.59 bits per heavy atom. The number of carbonyl (C=O) groups excluding carboxylic acids is 1. The van der Waals surface area contributed by atoms with Gasteiger partial charge in [-0.2, -0.15) is 0 Å². The third-order valence-electron chi connectivity index (χ3n) is 3.69. The number of fused-ring (bicyclic) bond motifs is 1. The van der Waals surface area contributed by atoms with Gasteiger partial charge in [0.05, 0.1) is 10.7 Å². The molecule has 0 N–H and O–H groups in total. The first-order valence-corrected chi connectivity index (χ1v) is 7.89. The lowest BCUT2D eigenvalue weighted by Crippen LogP contribution is -2.20. The molecule has 2 aromatic rings. The monoisotopic (exact) mass is 360 g/mol. The molecule has 2 unspecified atom stereocenters. The average molecular weight is 361 g/mol. The van der Waals surface area contributed by atoms with Crippen LogP contribution in [0.2, 0.25) is 0 Å². The molecule has 0 radical (unpaired) electrons. The topological polar surface area (TPSA) is 26.3 Å². The van der Waals surface area contributed by atoms with Crippen molar-refractivity contribution in [3.05, 3.63) is 71.2 Å². The van der Waals surface area contributed by atoms with Crippen LogP contribution in [-0.2, 0) is 4.79 Å². The van der Waals surface area contributed by atoms with Gasteiger partial charge < -0.3 is 9.53 Å². The van der Waals surface area contributed by atoms with Crippen molar-refractivity contribution >= 4 is 27.8 Å². The summed E-state index contributed by atoms with van der Waals surface area (Å²) < 4.78 is 19.5. The second-order valence-electron chi connectivity index (χ2n) is 5.16. The van der Waals surface area contributed by atoms with E-state index in [9.17, 15) is 9.18 Å². The standard InChI is InChI=1S/C18H14BrFO2/c1-11(19)18-17(12-5-3-2-4-6-12)15(10-21)14-9-13(20)7-8-16(14)22-18/h2-11,15H,1H3. The van der Waals surface area contributed by atoms with Gasteiger partial charge in [-0.3, -0.25) is 0 Å². The Kier molecular flexibility index (Phi) is 4.12.